The van der Waals surface area contributed by atoms with Gasteiger partial charge in [-0.05, 0) is 12.8 Å². The van der Waals surface area contributed by atoms with E-state index in [-0.39, 0.29) is 0 Å². The lowest BCUT2D eigenvalue weighted by atomic mass is 10.2. The van der Waals surface area contributed by atoms with Crippen LogP contribution in [0.1, 0.15) is 26.7 Å². The highest BCUT2D eigenvalue weighted by Gasteiger charge is 2.00. The fourth-order valence-corrected chi connectivity index (χ4v) is 0.922. The molecule has 0 unspecified atom stereocenters. The van der Waals surface area contributed by atoms with E-state index in [1.54, 1.807) is 0 Å². The van der Waals surface area contributed by atoms with Crippen molar-refractivity contribution in [1.29, 1.82) is 0 Å². The first-order chi connectivity index (χ1) is 4.35. The summed E-state index contributed by atoms with van der Waals surface area (Å²) in [6.45, 7) is 5.15. The minimum atomic E-state index is 0.475. The molecule has 0 bridgehead atoms. The van der Waals surface area contributed by atoms with Gasteiger partial charge in [0.15, 0.2) is 0 Å². The summed E-state index contributed by atoms with van der Waals surface area (Å²) in [5.41, 5.74) is 0. The number of ether oxygens (including phenoxy) is 1. The van der Waals surface area contributed by atoms with Crippen molar-refractivity contribution in [1.82, 2.24) is 0 Å². The van der Waals surface area contributed by atoms with Crippen molar-refractivity contribution in [3.8, 4) is 0 Å². The van der Waals surface area contributed by atoms with Gasteiger partial charge in [-0.1, -0.05) is 29.8 Å². The average Bonchev–Trinajstić information content (AvgIpc) is 1.91. The van der Waals surface area contributed by atoms with Gasteiger partial charge in [0.05, 0.1) is 12.7 Å². The Balaban J connectivity index is 3.09. The van der Waals surface area contributed by atoms with Crippen molar-refractivity contribution in [2.45, 2.75) is 32.8 Å². The van der Waals surface area contributed by atoms with Crippen LogP contribution < -0.4 is 0 Å². The lowest BCUT2D eigenvalue weighted by molar-refractivity contribution is 0.0601. The van der Waals surface area contributed by atoms with Crippen LogP contribution in [0.2, 0.25) is 0 Å². The van der Waals surface area contributed by atoms with Crippen molar-refractivity contribution >= 4 is 15.9 Å². The number of halogens is 1. The molecule has 0 saturated heterocycles. The summed E-state index contributed by atoms with van der Waals surface area (Å²) in [6, 6.07) is 0. The highest BCUT2D eigenvalue weighted by atomic mass is 79.9. The Kier molecular flexibility index (Phi) is 6.88. The molecule has 0 radical (unpaired) electrons. The highest BCUT2D eigenvalue weighted by molar-refractivity contribution is 9.09. The molecule has 9 heavy (non-hydrogen) atoms. The molecule has 0 amide bonds. The van der Waals surface area contributed by atoms with Crippen molar-refractivity contribution in [3.05, 3.63) is 0 Å². The molecule has 0 aromatic carbocycles. The Morgan fingerprint density at radius 3 is 2.22 bits per heavy atom. The second-order valence-electron chi connectivity index (χ2n) is 2.00. The molecule has 0 saturated carbocycles. The standard InChI is InChI=1S/C7H15BrO/c1-3-7(4-2)9-6-5-8/h7H,3-6H2,1-2H3. The van der Waals surface area contributed by atoms with E-state index in [0.717, 1.165) is 24.8 Å². The molecule has 1 nitrogen and oxygen atoms in total. The zero-order chi connectivity index (χ0) is 7.11. The van der Waals surface area contributed by atoms with Gasteiger partial charge >= 0.3 is 0 Å². The number of hydrogen-bond donors (Lipinski definition) is 0. The van der Waals surface area contributed by atoms with Crippen LogP contribution in [0, 0.1) is 0 Å². The summed E-state index contributed by atoms with van der Waals surface area (Å²) in [4.78, 5) is 0. The van der Waals surface area contributed by atoms with Crippen LogP contribution in [0.5, 0.6) is 0 Å². The van der Waals surface area contributed by atoms with E-state index < -0.39 is 0 Å². The molecule has 0 aromatic heterocycles. The van der Waals surface area contributed by atoms with Crippen LogP contribution in [-0.4, -0.2) is 18.0 Å². The van der Waals surface area contributed by atoms with E-state index in [2.05, 4.69) is 29.8 Å². The van der Waals surface area contributed by atoms with E-state index in [0.29, 0.717) is 6.10 Å². The quantitative estimate of drug-likeness (QED) is 0.612. The Bertz CT molecular complexity index is 52.9. The fourth-order valence-electron chi connectivity index (χ4n) is 0.736. The lowest BCUT2D eigenvalue weighted by Gasteiger charge is -2.11. The molecule has 0 atom stereocenters. The van der Waals surface area contributed by atoms with Crippen LogP contribution in [0.15, 0.2) is 0 Å². The van der Waals surface area contributed by atoms with Gasteiger partial charge in [-0.3, -0.25) is 0 Å². The molecule has 0 aliphatic rings. The van der Waals surface area contributed by atoms with Crippen molar-refractivity contribution in [2.24, 2.45) is 0 Å². The van der Waals surface area contributed by atoms with Gasteiger partial charge < -0.3 is 4.74 Å². The van der Waals surface area contributed by atoms with Crippen LogP contribution in [0.3, 0.4) is 0 Å². The lowest BCUT2D eigenvalue weighted by Crippen LogP contribution is -2.11. The third kappa shape index (κ3) is 4.91. The molecule has 0 aliphatic carbocycles. The largest absolute Gasteiger partial charge is 0.377 e. The van der Waals surface area contributed by atoms with Gasteiger partial charge in [-0.15, -0.1) is 0 Å². The molecule has 0 rings (SSSR count). The van der Waals surface area contributed by atoms with E-state index >= 15 is 0 Å². The molecular weight excluding hydrogens is 180 g/mol. The topological polar surface area (TPSA) is 9.23 Å². The van der Waals surface area contributed by atoms with E-state index in [9.17, 15) is 0 Å². The number of alkyl halides is 1. The number of hydrogen-bond acceptors (Lipinski definition) is 1. The molecule has 0 heterocycles. The minimum absolute atomic E-state index is 0.475. The Labute approximate surface area is 65.9 Å². The Hall–Kier alpha value is 0.440. The Morgan fingerprint density at radius 2 is 1.89 bits per heavy atom. The molecule has 0 fully saturated rings. The van der Waals surface area contributed by atoms with Crippen LogP contribution in [0.4, 0.5) is 0 Å². The van der Waals surface area contributed by atoms with Crippen LogP contribution in [-0.2, 0) is 4.74 Å². The summed E-state index contributed by atoms with van der Waals surface area (Å²) in [6.07, 6.45) is 2.73. The van der Waals surface area contributed by atoms with Gasteiger partial charge in [0.25, 0.3) is 0 Å². The van der Waals surface area contributed by atoms with E-state index in [1.165, 1.54) is 0 Å². The maximum atomic E-state index is 5.44. The summed E-state index contributed by atoms with van der Waals surface area (Å²) in [5, 5.41) is 0.948. The second-order valence-corrected chi connectivity index (χ2v) is 2.79. The van der Waals surface area contributed by atoms with Gasteiger partial charge in [0, 0.05) is 5.33 Å². The van der Waals surface area contributed by atoms with Crippen molar-refractivity contribution in [3.63, 3.8) is 0 Å². The third-order valence-electron chi connectivity index (χ3n) is 1.34. The van der Waals surface area contributed by atoms with Gasteiger partial charge in [0.2, 0.25) is 0 Å². The van der Waals surface area contributed by atoms with Gasteiger partial charge in [0.1, 0.15) is 0 Å². The first-order valence-electron chi connectivity index (χ1n) is 3.52. The SMILES string of the molecule is CCC(CC)OCCBr. The second kappa shape index (κ2) is 6.56. The Morgan fingerprint density at radius 1 is 1.33 bits per heavy atom. The fraction of sp³-hybridized carbons (Fsp3) is 1.00. The van der Waals surface area contributed by atoms with Gasteiger partial charge in [-0.2, -0.15) is 0 Å². The summed E-state index contributed by atoms with van der Waals surface area (Å²) in [7, 11) is 0. The van der Waals surface area contributed by atoms with Crippen molar-refractivity contribution in [2.75, 3.05) is 11.9 Å². The molecule has 0 aromatic rings. The van der Waals surface area contributed by atoms with E-state index in [4.69, 9.17) is 4.74 Å². The van der Waals surface area contributed by atoms with E-state index in [1.807, 2.05) is 0 Å². The van der Waals surface area contributed by atoms with Gasteiger partial charge in [-0.25, -0.2) is 0 Å². The van der Waals surface area contributed by atoms with Crippen molar-refractivity contribution < 1.29 is 4.74 Å². The maximum Gasteiger partial charge on any atom is 0.0570 e. The molecule has 0 spiro atoms. The highest BCUT2D eigenvalue weighted by Crippen LogP contribution is 2.02. The average molecular weight is 195 g/mol. The maximum absolute atomic E-state index is 5.44. The first kappa shape index (κ1) is 9.44. The zero-order valence-electron chi connectivity index (χ0n) is 6.19. The minimum Gasteiger partial charge on any atom is -0.377 e. The summed E-state index contributed by atoms with van der Waals surface area (Å²) < 4.78 is 5.44. The first-order valence-corrected chi connectivity index (χ1v) is 4.64. The zero-order valence-corrected chi connectivity index (χ0v) is 7.78. The summed E-state index contributed by atoms with van der Waals surface area (Å²) >= 11 is 3.31. The van der Waals surface area contributed by atoms with Crippen LogP contribution in [0.25, 0.3) is 0 Å². The molecule has 0 aliphatic heterocycles. The predicted molar refractivity (Wildman–Crippen MR) is 44.1 cm³/mol. The molecule has 0 N–H and O–H groups in total. The molecule has 2 heteroatoms. The summed E-state index contributed by atoms with van der Waals surface area (Å²) in [5.74, 6) is 0. The molecular formula is C7H15BrO. The smallest absolute Gasteiger partial charge is 0.0570 e. The number of rotatable bonds is 5. The van der Waals surface area contributed by atoms with Crippen LogP contribution >= 0.6 is 15.9 Å². The third-order valence-corrected chi connectivity index (χ3v) is 1.67. The normalized spacial score (nSPS) is 10.7. The monoisotopic (exact) mass is 194 g/mol. The molecule has 56 valence electrons. The predicted octanol–water partition coefficient (Wildman–Crippen LogP) is 2.59.